The number of primary sulfonamides is 1. The van der Waals surface area contributed by atoms with Crippen LogP contribution in [-0.2, 0) is 10.0 Å². The highest BCUT2D eigenvalue weighted by atomic mass is 35.5. The van der Waals surface area contributed by atoms with Crippen molar-refractivity contribution < 1.29 is 13.2 Å². The Bertz CT molecular complexity index is 652. The van der Waals surface area contributed by atoms with Crippen molar-refractivity contribution in [3.05, 3.63) is 27.7 Å². The summed E-state index contributed by atoms with van der Waals surface area (Å²) in [7, 11) is -4.02. The van der Waals surface area contributed by atoms with Crippen molar-refractivity contribution in [2.45, 2.75) is 32.1 Å². The number of hydrogen-bond donors (Lipinski definition) is 2. The minimum absolute atomic E-state index is 0.0269. The number of carbonyl (C=O) groups excluding carboxylic acids is 1. The standard InChI is InChI=1S/C13H18Cl2N2O3S/c1-13(2,3)4-5-17-12(18)8-6-11(21(16,19)20)10(15)7-9(8)14/h6-7H,4-5H2,1-3H3,(H,17,18)(H2,16,19,20). The Labute approximate surface area is 134 Å². The molecule has 1 rings (SSSR count). The van der Waals surface area contributed by atoms with E-state index in [1.54, 1.807) is 0 Å². The van der Waals surface area contributed by atoms with Crippen LogP contribution in [0.15, 0.2) is 17.0 Å². The molecule has 0 aliphatic heterocycles. The summed E-state index contributed by atoms with van der Waals surface area (Å²) in [6, 6.07) is 2.29. The molecule has 118 valence electrons. The SMILES string of the molecule is CC(C)(C)CCNC(=O)c1cc(S(N)(=O)=O)c(Cl)cc1Cl. The molecule has 1 amide bonds. The molecule has 0 aliphatic carbocycles. The van der Waals surface area contributed by atoms with E-state index in [2.05, 4.69) is 5.32 Å². The molecule has 0 radical (unpaired) electrons. The van der Waals surface area contributed by atoms with Gasteiger partial charge in [0.15, 0.2) is 0 Å². The van der Waals surface area contributed by atoms with E-state index in [1.807, 2.05) is 20.8 Å². The maximum Gasteiger partial charge on any atom is 0.252 e. The van der Waals surface area contributed by atoms with Crippen molar-refractivity contribution in [2.75, 3.05) is 6.54 Å². The normalized spacial score (nSPS) is 12.3. The number of halogens is 2. The molecular weight excluding hydrogens is 335 g/mol. The lowest BCUT2D eigenvalue weighted by atomic mass is 9.92. The van der Waals surface area contributed by atoms with Gasteiger partial charge in [-0.3, -0.25) is 4.79 Å². The average Bonchev–Trinajstić information content (AvgIpc) is 2.24. The largest absolute Gasteiger partial charge is 0.352 e. The van der Waals surface area contributed by atoms with Crippen LogP contribution < -0.4 is 10.5 Å². The summed E-state index contributed by atoms with van der Waals surface area (Å²) in [5.74, 6) is -0.467. The first-order valence-corrected chi connectivity index (χ1v) is 8.52. The van der Waals surface area contributed by atoms with Gasteiger partial charge in [0.2, 0.25) is 10.0 Å². The van der Waals surface area contributed by atoms with Gasteiger partial charge in [0.05, 0.1) is 15.6 Å². The van der Waals surface area contributed by atoms with Crippen molar-refractivity contribution in [3.8, 4) is 0 Å². The molecule has 8 heteroatoms. The Kier molecular flexibility index (Phi) is 5.66. The van der Waals surface area contributed by atoms with Gasteiger partial charge in [0.25, 0.3) is 5.91 Å². The van der Waals surface area contributed by atoms with Crippen LogP contribution in [0.5, 0.6) is 0 Å². The van der Waals surface area contributed by atoms with Crippen molar-refractivity contribution in [1.82, 2.24) is 5.32 Å². The van der Waals surface area contributed by atoms with Crippen LogP contribution in [0.1, 0.15) is 37.6 Å². The second kappa shape index (κ2) is 6.52. The number of benzene rings is 1. The zero-order valence-electron chi connectivity index (χ0n) is 12.0. The maximum absolute atomic E-state index is 12.1. The van der Waals surface area contributed by atoms with Gasteiger partial charge in [-0.15, -0.1) is 0 Å². The third-order valence-electron chi connectivity index (χ3n) is 2.73. The van der Waals surface area contributed by atoms with Crippen LogP contribution in [0.4, 0.5) is 0 Å². The van der Waals surface area contributed by atoms with E-state index >= 15 is 0 Å². The van der Waals surface area contributed by atoms with Crippen molar-refractivity contribution in [3.63, 3.8) is 0 Å². The van der Waals surface area contributed by atoms with Crippen LogP contribution in [-0.4, -0.2) is 20.9 Å². The lowest BCUT2D eigenvalue weighted by molar-refractivity contribution is 0.0949. The van der Waals surface area contributed by atoms with Gasteiger partial charge in [-0.05, 0) is 24.0 Å². The topological polar surface area (TPSA) is 89.3 Å². The molecule has 3 N–H and O–H groups in total. The van der Waals surface area contributed by atoms with E-state index in [1.165, 1.54) is 6.07 Å². The third kappa shape index (κ3) is 5.47. The summed E-state index contributed by atoms with van der Waals surface area (Å²) < 4.78 is 22.8. The highest BCUT2D eigenvalue weighted by Crippen LogP contribution is 2.28. The monoisotopic (exact) mass is 352 g/mol. The van der Waals surface area contributed by atoms with E-state index in [0.717, 1.165) is 12.5 Å². The first-order valence-electron chi connectivity index (χ1n) is 6.22. The molecule has 0 fully saturated rings. The Balaban J connectivity index is 3.00. The summed E-state index contributed by atoms with van der Waals surface area (Å²) in [6.45, 7) is 6.60. The summed E-state index contributed by atoms with van der Waals surface area (Å²) in [5.41, 5.74) is 0.0991. The van der Waals surface area contributed by atoms with Crippen LogP contribution in [0.3, 0.4) is 0 Å². The molecule has 0 heterocycles. The lowest BCUT2D eigenvalue weighted by Crippen LogP contribution is -2.28. The first-order chi connectivity index (χ1) is 9.42. The minimum atomic E-state index is -4.02. The second-order valence-corrected chi connectivity index (χ2v) is 8.22. The Morgan fingerprint density at radius 3 is 2.29 bits per heavy atom. The zero-order valence-corrected chi connectivity index (χ0v) is 14.4. The lowest BCUT2D eigenvalue weighted by Gasteiger charge is -2.18. The molecule has 0 bridgehead atoms. The number of sulfonamides is 1. The van der Waals surface area contributed by atoms with Crippen LogP contribution in [0, 0.1) is 5.41 Å². The summed E-state index contributed by atoms with van der Waals surface area (Å²) in [4.78, 5) is 11.7. The molecule has 0 aromatic heterocycles. The van der Waals surface area contributed by atoms with Crippen LogP contribution in [0.2, 0.25) is 10.0 Å². The van der Waals surface area contributed by atoms with E-state index in [0.29, 0.717) is 6.54 Å². The highest BCUT2D eigenvalue weighted by molar-refractivity contribution is 7.89. The molecule has 0 saturated heterocycles. The van der Waals surface area contributed by atoms with Gasteiger partial charge < -0.3 is 5.32 Å². The van der Waals surface area contributed by atoms with Gasteiger partial charge in [0.1, 0.15) is 4.90 Å². The average molecular weight is 353 g/mol. The molecule has 1 aromatic rings. The summed E-state index contributed by atoms with van der Waals surface area (Å²) in [5, 5.41) is 7.69. The fraction of sp³-hybridized carbons (Fsp3) is 0.462. The third-order valence-corrected chi connectivity index (χ3v) is 4.42. The minimum Gasteiger partial charge on any atom is -0.352 e. The van der Waals surface area contributed by atoms with Crippen molar-refractivity contribution in [2.24, 2.45) is 10.6 Å². The van der Waals surface area contributed by atoms with Gasteiger partial charge in [-0.25, -0.2) is 13.6 Å². The number of nitrogens with two attached hydrogens (primary N) is 1. The van der Waals surface area contributed by atoms with Crippen molar-refractivity contribution >= 4 is 39.1 Å². The second-order valence-electron chi connectivity index (χ2n) is 5.87. The quantitative estimate of drug-likeness (QED) is 0.872. The van der Waals surface area contributed by atoms with Crippen molar-refractivity contribution in [1.29, 1.82) is 0 Å². The number of carbonyl (C=O) groups is 1. The predicted octanol–water partition coefficient (Wildman–Crippen LogP) is 2.81. The molecule has 0 unspecified atom stereocenters. The molecule has 0 atom stereocenters. The Hall–Kier alpha value is -0.820. The molecule has 21 heavy (non-hydrogen) atoms. The van der Waals surface area contributed by atoms with E-state index in [-0.39, 0.29) is 25.9 Å². The number of amides is 1. The number of nitrogens with one attached hydrogen (secondary N) is 1. The smallest absolute Gasteiger partial charge is 0.252 e. The first kappa shape index (κ1) is 18.2. The maximum atomic E-state index is 12.1. The predicted molar refractivity (Wildman–Crippen MR) is 84.2 cm³/mol. The van der Waals surface area contributed by atoms with E-state index in [9.17, 15) is 13.2 Å². The Morgan fingerprint density at radius 2 is 1.81 bits per heavy atom. The molecule has 0 aliphatic rings. The fourth-order valence-corrected chi connectivity index (χ4v) is 2.97. The summed E-state index contributed by atoms with van der Waals surface area (Å²) >= 11 is 11.7. The number of rotatable bonds is 4. The van der Waals surface area contributed by atoms with Gasteiger partial charge in [-0.1, -0.05) is 44.0 Å². The zero-order chi connectivity index (χ0) is 16.4. The highest BCUT2D eigenvalue weighted by Gasteiger charge is 2.20. The molecule has 0 spiro atoms. The molecular formula is C13H18Cl2N2O3S. The molecule has 1 aromatic carbocycles. The van der Waals surface area contributed by atoms with Crippen LogP contribution in [0.25, 0.3) is 0 Å². The molecule has 5 nitrogen and oxygen atoms in total. The van der Waals surface area contributed by atoms with Gasteiger partial charge >= 0.3 is 0 Å². The van der Waals surface area contributed by atoms with E-state index < -0.39 is 15.9 Å². The fourth-order valence-electron chi connectivity index (χ4n) is 1.57. The summed E-state index contributed by atoms with van der Waals surface area (Å²) in [6.07, 6.45) is 0.770. The van der Waals surface area contributed by atoms with E-state index in [4.69, 9.17) is 28.3 Å². The molecule has 0 saturated carbocycles. The number of hydrogen-bond acceptors (Lipinski definition) is 3. The Morgan fingerprint density at radius 1 is 1.24 bits per heavy atom. The van der Waals surface area contributed by atoms with Gasteiger partial charge in [-0.2, -0.15) is 0 Å². The van der Waals surface area contributed by atoms with Crippen LogP contribution >= 0.6 is 23.2 Å². The van der Waals surface area contributed by atoms with Gasteiger partial charge in [0, 0.05) is 6.54 Å².